The summed E-state index contributed by atoms with van der Waals surface area (Å²) in [5, 5.41) is 7.04. The topological polar surface area (TPSA) is 47.3 Å². The molecular weight excluding hydrogens is 330 g/mol. The Hall–Kier alpha value is -1.98. The van der Waals surface area contributed by atoms with E-state index in [1.807, 2.05) is 24.3 Å². The van der Waals surface area contributed by atoms with Crippen LogP contribution < -0.4 is 5.56 Å². The number of aromatic nitrogens is 3. The van der Waals surface area contributed by atoms with E-state index in [4.69, 9.17) is 16.6 Å². The molecule has 0 unspecified atom stereocenters. The smallest absolute Gasteiger partial charge is 0.267 e. The second-order valence-corrected chi connectivity index (χ2v) is 7.32. The summed E-state index contributed by atoms with van der Waals surface area (Å²) in [4.78, 5) is 19.9. The number of benzene rings is 1. The van der Waals surface area contributed by atoms with Crippen LogP contribution in [0.5, 0.6) is 0 Å². The SMILES string of the molecule is O=c1c2c3c(sc2nc2c4ccccc4c(Cl)nn12)CCCC3. The summed E-state index contributed by atoms with van der Waals surface area (Å²) < 4.78 is 1.37. The fraction of sp³-hybridized carbons (Fsp3) is 0.235. The number of thiophene rings is 1. The zero-order valence-corrected chi connectivity index (χ0v) is 13.7. The van der Waals surface area contributed by atoms with Gasteiger partial charge in [0, 0.05) is 15.6 Å². The molecule has 0 aliphatic heterocycles. The molecule has 0 N–H and O–H groups in total. The highest BCUT2D eigenvalue weighted by atomic mass is 35.5. The van der Waals surface area contributed by atoms with E-state index in [9.17, 15) is 4.79 Å². The molecule has 0 radical (unpaired) electrons. The summed E-state index contributed by atoms with van der Waals surface area (Å²) in [6, 6.07) is 7.67. The van der Waals surface area contributed by atoms with Crippen molar-refractivity contribution in [3.8, 4) is 0 Å². The molecule has 1 aliphatic carbocycles. The van der Waals surface area contributed by atoms with Crippen LogP contribution in [0, 0.1) is 0 Å². The highest BCUT2D eigenvalue weighted by molar-refractivity contribution is 7.18. The molecule has 0 atom stereocenters. The molecule has 4 aromatic rings. The van der Waals surface area contributed by atoms with Gasteiger partial charge in [0.1, 0.15) is 4.83 Å². The Balaban J connectivity index is 2.03. The van der Waals surface area contributed by atoms with Crippen LogP contribution in [0.4, 0.5) is 0 Å². The lowest BCUT2D eigenvalue weighted by molar-refractivity contribution is 0.699. The zero-order valence-electron chi connectivity index (χ0n) is 12.2. The molecule has 3 heterocycles. The van der Waals surface area contributed by atoms with E-state index < -0.39 is 0 Å². The van der Waals surface area contributed by atoms with Crippen molar-refractivity contribution < 1.29 is 0 Å². The van der Waals surface area contributed by atoms with Crippen LogP contribution in [0.2, 0.25) is 5.15 Å². The van der Waals surface area contributed by atoms with Gasteiger partial charge in [-0.3, -0.25) is 4.79 Å². The van der Waals surface area contributed by atoms with Gasteiger partial charge >= 0.3 is 0 Å². The average molecular weight is 342 g/mol. The molecule has 4 nitrogen and oxygen atoms in total. The molecule has 0 saturated heterocycles. The third-order valence-corrected chi connectivity index (χ3v) is 6.01. The predicted molar refractivity (Wildman–Crippen MR) is 93.8 cm³/mol. The molecule has 1 aliphatic rings. The van der Waals surface area contributed by atoms with Gasteiger partial charge in [-0.25, -0.2) is 4.98 Å². The summed E-state index contributed by atoms with van der Waals surface area (Å²) in [6.45, 7) is 0. The number of hydrogen-bond donors (Lipinski definition) is 0. The summed E-state index contributed by atoms with van der Waals surface area (Å²) in [5.74, 6) is 0. The first-order valence-electron chi connectivity index (χ1n) is 7.65. The van der Waals surface area contributed by atoms with Crippen LogP contribution in [-0.2, 0) is 12.8 Å². The molecule has 23 heavy (non-hydrogen) atoms. The van der Waals surface area contributed by atoms with Crippen molar-refractivity contribution in [2.75, 3.05) is 0 Å². The Kier molecular flexibility index (Phi) is 2.78. The maximum absolute atomic E-state index is 13.0. The number of fused-ring (bicyclic) bond motifs is 6. The molecule has 0 spiro atoms. The van der Waals surface area contributed by atoms with E-state index in [2.05, 4.69) is 5.10 Å². The Labute approximate surface area is 140 Å². The van der Waals surface area contributed by atoms with Crippen molar-refractivity contribution in [2.45, 2.75) is 25.7 Å². The number of rotatable bonds is 0. The number of hydrogen-bond acceptors (Lipinski definition) is 4. The van der Waals surface area contributed by atoms with Gasteiger partial charge in [0.05, 0.1) is 5.39 Å². The van der Waals surface area contributed by atoms with Crippen molar-refractivity contribution in [3.63, 3.8) is 0 Å². The van der Waals surface area contributed by atoms with Gasteiger partial charge < -0.3 is 0 Å². The van der Waals surface area contributed by atoms with E-state index in [1.165, 1.54) is 21.4 Å². The van der Waals surface area contributed by atoms with Crippen LogP contribution >= 0.6 is 22.9 Å². The van der Waals surface area contributed by atoms with E-state index in [-0.39, 0.29) is 5.56 Å². The van der Waals surface area contributed by atoms with Gasteiger partial charge in [0.25, 0.3) is 5.56 Å². The zero-order chi connectivity index (χ0) is 15.6. The van der Waals surface area contributed by atoms with E-state index in [0.29, 0.717) is 10.8 Å². The molecule has 0 amide bonds. The maximum atomic E-state index is 13.0. The van der Waals surface area contributed by atoms with E-state index in [1.54, 1.807) is 11.3 Å². The minimum atomic E-state index is -0.1000. The van der Waals surface area contributed by atoms with E-state index >= 15 is 0 Å². The monoisotopic (exact) mass is 341 g/mol. The number of aryl methyl sites for hydroxylation is 2. The van der Waals surface area contributed by atoms with Gasteiger partial charge in [-0.2, -0.15) is 9.61 Å². The largest absolute Gasteiger partial charge is 0.283 e. The summed E-state index contributed by atoms with van der Waals surface area (Å²) in [7, 11) is 0. The molecular formula is C17H12ClN3OS. The van der Waals surface area contributed by atoms with Crippen LogP contribution in [0.3, 0.4) is 0 Å². The molecule has 1 aromatic carbocycles. The first-order valence-corrected chi connectivity index (χ1v) is 8.85. The van der Waals surface area contributed by atoms with Crippen molar-refractivity contribution >= 4 is 49.6 Å². The Morgan fingerprint density at radius 3 is 2.78 bits per heavy atom. The first kappa shape index (κ1) is 13.5. The highest BCUT2D eigenvalue weighted by Crippen LogP contribution is 2.34. The second-order valence-electron chi connectivity index (χ2n) is 5.88. The summed E-state index contributed by atoms with van der Waals surface area (Å²) >= 11 is 7.94. The first-order chi connectivity index (χ1) is 11.2. The third kappa shape index (κ3) is 1.80. The lowest BCUT2D eigenvalue weighted by Crippen LogP contribution is -2.19. The molecule has 0 bridgehead atoms. The molecule has 3 aromatic heterocycles. The van der Waals surface area contributed by atoms with Crippen LogP contribution in [0.1, 0.15) is 23.3 Å². The van der Waals surface area contributed by atoms with Crippen molar-refractivity contribution in [2.24, 2.45) is 0 Å². The maximum Gasteiger partial charge on any atom is 0.283 e. The minimum absolute atomic E-state index is 0.1000. The van der Waals surface area contributed by atoms with Crippen LogP contribution in [0.25, 0.3) is 26.6 Å². The Bertz CT molecular complexity index is 1160. The lowest BCUT2D eigenvalue weighted by atomic mass is 9.97. The molecule has 0 fully saturated rings. The van der Waals surface area contributed by atoms with Crippen LogP contribution in [-0.4, -0.2) is 14.6 Å². The normalized spacial score (nSPS) is 14.7. The van der Waals surface area contributed by atoms with E-state index in [0.717, 1.165) is 40.3 Å². The van der Waals surface area contributed by atoms with Gasteiger partial charge in [0.15, 0.2) is 10.8 Å². The van der Waals surface area contributed by atoms with Crippen molar-refractivity contribution in [1.29, 1.82) is 0 Å². The fourth-order valence-corrected chi connectivity index (χ4v) is 4.96. The standard InChI is InChI=1S/C17H12ClN3OS/c18-14-9-5-1-2-6-10(9)15-19-16-13(17(22)21(15)20-14)11-7-3-4-8-12(11)23-16/h1-2,5-6H,3-4,7-8H2. The quantitative estimate of drug-likeness (QED) is 0.454. The van der Waals surface area contributed by atoms with Crippen LogP contribution in [0.15, 0.2) is 29.1 Å². The van der Waals surface area contributed by atoms with Gasteiger partial charge in [-0.15, -0.1) is 11.3 Å². The van der Waals surface area contributed by atoms with Gasteiger partial charge in [-0.1, -0.05) is 35.9 Å². The predicted octanol–water partition coefficient (Wildman–Crippen LogP) is 3.99. The summed E-state index contributed by atoms with van der Waals surface area (Å²) in [5.41, 5.74) is 1.66. The summed E-state index contributed by atoms with van der Waals surface area (Å²) in [6.07, 6.45) is 4.33. The minimum Gasteiger partial charge on any atom is -0.267 e. The second kappa shape index (κ2) is 4.76. The third-order valence-electron chi connectivity index (χ3n) is 4.55. The Morgan fingerprint density at radius 1 is 1.13 bits per heavy atom. The molecule has 114 valence electrons. The molecule has 0 saturated carbocycles. The highest BCUT2D eigenvalue weighted by Gasteiger charge is 2.21. The van der Waals surface area contributed by atoms with Crippen molar-refractivity contribution in [1.82, 2.24) is 14.6 Å². The average Bonchev–Trinajstić information content (AvgIpc) is 2.95. The van der Waals surface area contributed by atoms with Gasteiger partial charge in [0.2, 0.25) is 0 Å². The lowest BCUT2D eigenvalue weighted by Gasteiger charge is -2.10. The number of nitrogens with zero attached hydrogens (tertiary/aromatic N) is 3. The Morgan fingerprint density at radius 2 is 1.91 bits per heavy atom. The van der Waals surface area contributed by atoms with Crippen molar-refractivity contribution in [3.05, 3.63) is 50.2 Å². The number of halogens is 1. The molecule has 5 rings (SSSR count). The fourth-order valence-electron chi connectivity index (χ4n) is 3.46. The molecule has 6 heteroatoms. The van der Waals surface area contributed by atoms with Gasteiger partial charge in [-0.05, 0) is 31.2 Å².